The lowest BCUT2D eigenvalue weighted by Gasteiger charge is -2.11. The Kier molecular flexibility index (Phi) is 4.01. The second-order valence-corrected chi connectivity index (χ2v) is 6.20. The number of hydrogen-bond donors (Lipinski definition) is 3. The summed E-state index contributed by atoms with van der Waals surface area (Å²) in [7, 11) is 0. The average Bonchev–Trinajstić information content (AvgIpc) is 3.00. The van der Waals surface area contributed by atoms with Crippen molar-refractivity contribution in [2.75, 3.05) is 0 Å². The molecule has 27 heavy (non-hydrogen) atoms. The minimum atomic E-state index is -0.687. The molecule has 2 heterocycles. The van der Waals surface area contributed by atoms with Crippen LogP contribution in [0.3, 0.4) is 0 Å². The summed E-state index contributed by atoms with van der Waals surface area (Å²) in [4.78, 5) is 29.8. The number of aromatic amines is 2. The van der Waals surface area contributed by atoms with Gasteiger partial charge in [-0.3, -0.25) is 9.59 Å². The van der Waals surface area contributed by atoms with E-state index in [2.05, 4.69) is 9.97 Å². The van der Waals surface area contributed by atoms with E-state index in [1.54, 1.807) is 6.07 Å². The van der Waals surface area contributed by atoms with Crippen LogP contribution in [0.15, 0.2) is 65.5 Å². The van der Waals surface area contributed by atoms with Crippen molar-refractivity contribution in [3.05, 3.63) is 82.4 Å². The third-order valence-corrected chi connectivity index (χ3v) is 4.38. The lowest BCUT2D eigenvalue weighted by atomic mass is 10.1. The van der Waals surface area contributed by atoms with Crippen LogP contribution < -0.4 is 16.0 Å². The molecule has 4 aromatic rings. The van der Waals surface area contributed by atoms with Crippen molar-refractivity contribution < 1.29 is 9.53 Å². The maximum absolute atomic E-state index is 12.4. The van der Waals surface area contributed by atoms with Gasteiger partial charge in [0.2, 0.25) is 0 Å². The maximum atomic E-state index is 12.4. The van der Waals surface area contributed by atoms with Crippen molar-refractivity contribution in [2.24, 2.45) is 5.73 Å². The Balaban J connectivity index is 1.93. The summed E-state index contributed by atoms with van der Waals surface area (Å²) in [5.74, 6) is 0.647. The lowest BCUT2D eigenvalue weighted by Crippen LogP contribution is -2.18. The number of H-pyrrole nitrogens is 2. The lowest BCUT2D eigenvalue weighted by molar-refractivity contribution is 0.0995. The molecule has 0 bridgehead atoms. The molecule has 4 N–H and O–H groups in total. The van der Waals surface area contributed by atoms with E-state index in [0.29, 0.717) is 33.7 Å². The van der Waals surface area contributed by atoms with E-state index in [0.717, 1.165) is 5.56 Å². The van der Waals surface area contributed by atoms with E-state index in [9.17, 15) is 9.59 Å². The van der Waals surface area contributed by atoms with Gasteiger partial charge in [0.05, 0.1) is 11.1 Å². The van der Waals surface area contributed by atoms with Gasteiger partial charge < -0.3 is 20.4 Å². The molecule has 0 radical (unpaired) electrons. The van der Waals surface area contributed by atoms with Crippen LogP contribution in [0.4, 0.5) is 0 Å². The van der Waals surface area contributed by atoms with E-state index in [1.165, 1.54) is 0 Å². The Bertz CT molecular complexity index is 1210. The minimum absolute atomic E-state index is 0.0641. The zero-order valence-corrected chi connectivity index (χ0v) is 14.6. The summed E-state index contributed by atoms with van der Waals surface area (Å²) in [5.41, 5.74) is 7.24. The van der Waals surface area contributed by atoms with Crippen LogP contribution in [0, 0.1) is 6.92 Å². The zero-order chi connectivity index (χ0) is 19.0. The first-order valence-corrected chi connectivity index (χ1v) is 8.42. The normalized spacial score (nSPS) is 10.9. The van der Waals surface area contributed by atoms with Crippen LogP contribution >= 0.6 is 0 Å². The van der Waals surface area contributed by atoms with Gasteiger partial charge in [-0.25, -0.2) is 0 Å². The highest BCUT2D eigenvalue weighted by Gasteiger charge is 2.18. The van der Waals surface area contributed by atoms with Gasteiger partial charge in [-0.1, -0.05) is 30.3 Å². The van der Waals surface area contributed by atoms with Crippen molar-refractivity contribution in [1.82, 2.24) is 9.97 Å². The van der Waals surface area contributed by atoms with Crippen LogP contribution in [-0.4, -0.2) is 15.9 Å². The number of nitrogens with two attached hydrogens (primary N) is 1. The molecule has 1 amide bonds. The van der Waals surface area contributed by atoms with Crippen molar-refractivity contribution >= 4 is 16.7 Å². The number of carbonyl (C=O) groups is 1. The van der Waals surface area contributed by atoms with Gasteiger partial charge in [-0.15, -0.1) is 0 Å². The predicted molar refractivity (Wildman–Crippen MR) is 104 cm³/mol. The topological polar surface area (TPSA) is 101 Å². The number of fused-ring (bicyclic) bond motifs is 1. The van der Waals surface area contributed by atoms with Crippen LogP contribution in [0.5, 0.6) is 11.5 Å². The molecule has 0 aliphatic rings. The molecule has 2 aromatic heterocycles. The van der Waals surface area contributed by atoms with Crippen molar-refractivity contribution in [3.8, 4) is 22.8 Å². The Morgan fingerprint density at radius 1 is 1.00 bits per heavy atom. The third kappa shape index (κ3) is 2.97. The summed E-state index contributed by atoms with van der Waals surface area (Å²) in [6.07, 6.45) is 0. The molecule has 6 nitrogen and oxygen atoms in total. The summed E-state index contributed by atoms with van der Waals surface area (Å²) in [5, 5.41) is 1.11. The highest BCUT2D eigenvalue weighted by atomic mass is 16.5. The molecule has 0 fully saturated rings. The monoisotopic (exact) mass is 359 g/mol. The van der Waals surface area contributed by atoms with E-state index in [1.807, 2.05) is 61.5 Å². The van der Waals surface area contributed by atoms with E-state index in [4.69, 9.17) is 10.5 Å². The molecule has 4 rings (SSSR count). The van der Waals surface area contributed by atoms with Crippen molar-refractivity contribution in [1.29, 1.82) is 0 Å². The summed E-state index contributed by atoms with van der Waals surface area (Å²) < 4.78 is 6.03. The molecule has 6 heteroatoms. The van der Waals surface area contributed by atoms with Gasteiger partial charge in [0.15, 0.2) is 0 Å². The number of carbonyl (C=O) groups excluding carboxylic acids is 1. The Labute approximate surface area is 154 Å². The smallest absolute Gasteiger partial charge is 0.265 e. The SMILES string of the molecule is Cc1[nH]c(-c2ccccc2Oc2ccccc2)c2cc(C(N)=O)[nH]c(=O)c12. The molecule has 0 saturated carbocycles. The fraction of sp³-hybridized carbons (Fsp3) is 0.0476. The number of amides is 1. The number of ether oxygens (including phenoxy) is 1. The molecular weight excluding hydrogens is 342 g/mol. The number of rotatable bonds is 4. The molecular formula is C21H17N3O3. The molecule has 0 saturated heterocycles. The molecule has 0 aliphatic carbocycles. The van der Waals surface area contributed by atoms with Crippen molar-refractivity contribution in [3.63, 3.8) is 0 Å². The van der Waals surface area contributed by atoms with Gasteiger partial charge >= 0.3 is 0 Å². The molecule has 0 atom stereocenters. The first kappa shape index (κ1) is 16.7. The fourth-order valence-corrected chi connectivity index (χ4v) is 3.17. The summed E-state index contributed by atoms with van der Waals surface area (Å²) in [6.45, 7) is 1.81. The van der Waals surface area contributed by atoms with Gasteiger partial charge in [-0.2, -0.15) is 0 Å². The Morgan fingerprint density at radius 2 is 1.70 bits per heavy atom. The number of nitrogens with one attached hydrogen (secondary N) is 2. The average molecular weight is 359 g/mol. The largest absolute Gasteiger partial charge is 0.457 e. The number of benzene rings is 2. The predicted octanol–water partition coefficient (Wildman–Crippen LogP) is 3.72. The number of hydrogen-bond acceptors (Lipinski definition) is 3. The molecule has 0 aliphatic heterocycles. The Morgan fingerprint density at radius 3 is 2.44 bits per heavy atom. The summed E-state index contributed by atoms with van der Waals surface area (Å²) >= 11 is 0. The fourth-order valence-electron chi connectivity index (χ4n) is 3.17. The number of para-hydroxylation sites is 2. The van der Waals surface area contributed by atoms with Crippen LogP contribution in [0.25, 0.3) is 22.0 Å². The highest BCUT2D eigenvalue weighted by molar-refractivity contribution is 6.02. The second kappa shape index (κ2) is 6.49. The van der Waals surface area contributed by atoms with Crippen molar-refractivity contribution in [2.45, 2.75) is 6.92 Å². The molecule has 0 spiro atoms. The number of pyridine rings is 1. The molecule has 134 valence electrons. The maximum Gasteiger partial charge on any atom is 0.265 e. The van der Waals surface area contributed by atoms with Gasteiger partial charge in [0, 0.05) is 16.6 Å². The minimum Gasteiger partial charge on any atom is -0.457 e. The van der Waals surface area contributed by atoms with Crippen LogP contribution in [0.2, 0.25) is 0 Å². The summed E-state index contributed by atoms with van der Waals surface area (Å²) in [6, 6.07) is 18.5. The molecule has 0 unspecified atom stereocenters. The van der Waals surface area contributed by atoms with E-state index < -0.39 is 5.91 Å². The quantitative estimate of drug-likeness (QED) is 0.517. The van der Waals surface area contributed by atoms with E-state index in [-0.39, 0.29) is 11.3 Å². The highest BCUT2D eigenvalue weighted by Crippen LogP contribution is 2.37. The van der Waals surface area contributed by atoms with E-state index >= 15 is 0 Å². The Hall–Kier alpha value is -3.80. The van der Waals surface area contributed by atoms with Crippen LogP contribution in [-0.2, 0) is 0 Å². The molecule has 2 aromatic carbocycles. The van der Waals surface area contributed by atoms with Crippen LogP contribution in [0.1, 0.15) is 16.2 Å². The number of aryl methyl sites for hydroxylation is 1. The second-order valence-electron chi connectivity index (χ2n) is 6.20. The standard InChI is InChI=1S/C21H17N3O3/c1-12-18-15(11-16(20(22)25)24-21(18)26)19(23-12)14-9-5-6-10-17(14)27-13-7-3-2-4-8-13/h2-11,23H,1H3,(H2,22,25)(H,24,26). The third-order valence-electron chi connectivity index (χ3n) is 4.38. The van der Waals surface area contributed by atoms with Gasteiger partial charge in [0.1, 0.15) is 17.2 Å². The number of aromatic nitrogens is 2. The number of primary amides is 1. The first-order valence-electron chi connectivity index (χ1n) is 8.42. The van der Waals surface area contributed by atoms with Gasteiger partial charge in [0.25, 0.3) is 11.5 Å². The van der Waals surface area contributed by atoms with Gasteiger partial charge in [-0.05, 0) is 37.3 Å². The zero-order valence-electron chi connectivity index (χ0n) is 14.6. The first-order chi connectivity index (χ1) is 13.0.